The summed E-state index contributed by atoms with van der Waals surface area (Å²) in [5.74, 6) is 0.376. The van der Waals surface area contributed by atoms with Gasteiger partial charge in [0.05, 0.1) is 31.7 Å². The average Bonchev–Trinajstić information content (AvgIpc) is 2.54. The first-order valence-electron chi connectivity index (χ1n) is 7.04. The molecule has 0 atom stereocenters. The van der Waals surface area contributed by atoms with Crippen LogP contribution in [0.4, 0.5) is 0 Å². The molecular formula is C16H19NO5. The van der Waals surface area contributed by atoms with Gasteiger partial charge >= 0.3 is 5.97 Å². The van der Waals surface area contributed by atoms with Gasteiger partial charge < -0.3 is 18.8 Å². The zero-order chi connectivity index (χ0) is 16.3. The van der Waals surface area contributed by atoms with E-state index in [1.54, 1.807) is 23.6 Å². The molecule has 22 heavy (non-hydrogen) atoms. The van der Waals surface area contributed by atoms with E-state index in [0.29, 0.717) is 28.9 Å². The van der Waals surface area contributed by atoms with E-state index < -0.39 is 5.97 Å². The Kier molecular flexibility index (Phi) is 4.70. The summed E-state index contributed by atoms with van der Waals surface area (Å²) in [5.41, 5.74) is 0.241. The van der Waals surface area contributed by atoms with Gasteiger partial charge in [-0.05, 0) is 26.0 Å². The van der Waals surface area contributed by atoms with Gasteiger partial charge in [0, 0.05) is 12.7 Å². The number of ether oxygens (including phenoxy) is 3. The zero-order valence-corrected chi connectivity index (χ0v) is 13.1. The molecule has 2 aromatic rings. The number of carbonyl (C=O) groups excluding carboxylic acids is 1. The van der Waals surface area contributed by atoms with Crippen LogP contribution in [0.15, 0.2) is 23.1 Å². The van der Waals surface area contributed by atoms with E-state index in [1.807, 2.05) is 6.92 Å². The SMILES string of the molecule is CCOC(=O)c1cn(CC)c2c(OC)c(OC)ccc2c1=O. The molecular weight excluding hydrogens is 286 g/mol. The number of esters is 1. The molecule has 2 rings (SSSR count). The van der Waals surface area contributed by atoms with Gasteiger partial charge in [-0.25, -0.2) is 4.79 Å². The highest BCUT2D eigenvalue weighted by Gasteiger charge is 2.20. The normalized spacial score (nSPS) is 10.5. The van der Waals surface area contributed by atoms with Gasteiger partial charge in [0.25, 0.3) is 0 Å². The quantitative estimate of drug-likeness (QED) is 0.792. The van der Waals surface area contributed by atoms with E-state index in [1.165, 1.54) is 20.4 Å². The summed E-state index contributed by atoms with van der Waals surface area (Å²) >= 11 is 0. The van der Waals surface area contributed by atoms with Gasteiger partial charge in [0.15, 0.2) is 11.5 Å². The van der Waals surface area contributed by atoms with Crippen molar-refractivity contribution < 1.29 is 19.0 Å². The first kappa shape index (κ1) is 15.9. The van der Waals surface area contributed by atoms with Crippen LogP contribution in [-0.4, -0.2) is 31.4 Å². The first-order chi connectivity index (χ1) is 10.6. The standard InChI is InChI=1S/C16H19NO5/c1-5-17-9-11(16(19)22-6-2)14(18)10-7-8-12(20-3)15(21-4)13(10)17/h7-9H,5-6H2,1-4H3. The summed E-state index contributed by atoms with van der Waals surface area (Å²) < 4.78 is 17.4. The lowest BCUT2D eigenvalue weighted by Crippen LogP contribution is -2.21. The third-order valence-electron chi connectivity index (χ3n) is 3.42. The van der Waals surface area contributed by atoms with Gasteiger partial charge in [0.2, 0.25) is 5.43 Å². The van der Waals surface area contributed by atoms with Crippen molar-refractivity contribution in [3.05, 3.63) is 34.1 Å². The number of hydrogen-bond donors (Lipinski definition) is 0. The number of fused-ring (bicyclic) bond motifs is 1. The molecule has 0 saturated carbocycles. The Balaban J connectivity index is 2.86. The summed E-state index contributed by atoms with van der Waals surface area (Å²) in [4.78, 5) is 24.5. The molecule has 1 aromatic carbocycles. The van der Waals surface area contributed by atoms with Crippen molar-refractivity contribution in [2.24, 2.45) is 0 Å². The number of aryl methyl sites for hydroxylation is 1. The molecule has 0 unspecified atom stereocenters. The van der Waals surface area contributed by atoms with E-state index in [2.05, 4.69) is 0 Å². The minimum Gasteiger partial charge on any atom is -0.493 e. The third-order valence-corrected chi connectivity index (χ3v) is 3.42. The molecule has 0 aliphatic carbocycles. The van der Waals surface area contributed by atoms with Crippen LogP contribution in [0.3, 0.4) is 0 Å². The maximum absolute atomic E-state index is 12.6. The molecule has 0 aliphatic heterocycles. The summed E-state index contributed by atoms with van der Waals surface area (Å²) in [6, 6.07) is 3.28. The zero-order valence-electron chi connectivity index (χ0n) is 13.1. The highest BCUT2D eigenvalue weighted by atomic mass is 16.5. The van der Waals surface area contributed by atoms with Crippen molar-refractivity contribution in [1.29, 1.82) is 0 Å². The maximum atomic E-state index is 12.6. The fraction of sp³-hybridized carbons (Fsp3) is 0.375. The molecule has 6 nitrogen and oxygen atoms in total. The van der Waals surface area contributed by atoms with Crippen LogP contribution in [0.2, 0.25) is 0 Å². The van der Waals surface area contributed by atoms with Crippen molar-refractivity contribution in [3.63, 3.8) is 0 Å². The number of carbonyl (C=O) groups is 1. The second kappa shape index (κ2) is 6.51. The van der Waals surface area contributed by atoms with E-state index in [-0.39, 0.29) is 17.6 Å². The molecule has 0 radical (unpaired) electrons. The molecule has 1 aromatic heterocycles. The highest BCUT2D eigenvalue weighted by Crippen LogP contribution is 2.34. The number of benzene rings is 1. The topological polar surface area (TPSA) is 66.8 Å². The van der Waals surface area contributed by atoms with Gasteiger partial charge in [0.1, 0.15) is 5.56 Å². The summed E-state index contributed by atoms with van der Waals surface area (Å²) in [6.45, 7) is 4.39. The number of nitrogens with zero attached hydrogens (tertiary/aromatic N) is 1. The van der Waals surface area contributed by atoms with E-state index in [4.69, 9.17) is 14.2 Å². The molecule has 1 heterocycles. The van der Waals surface area contributed by atoms with Crippen LogP contribution in [0, 0.1) is 0 Å². The van der Waals surface area contributed by atoms with Gasteiger partial charge in [-0.1, -0.05) is 0 Å². The Morgan fingerprint density at radius 3 is 2.45 bits per heavy atom. The molecule has 0 fully saturated rings. The molecule has 118 valence electrons. The fourth-order valence-corrected chi connectivity index (χ4v) is 2.41. The molecule has 0 saturated heterocycles. The van der Waals surface area contributed by atoms with Crippen molar-refractivity contribution in [2.45, 2.75) is 20.4 Å². The van der Waals surface area contributed by atoms with Gasteiger partial charge in [-0.2, -0.15) is 0 Å². The van der Waals surface area contributed by atoms with Crippen LogP contribution in [0.1, 0.15) is 24.2 Å². The Morgan fingerprint density at radius 1 is 1.18 bits per heavy atom. The Labute approximate surface area is 128 Å². The van der Waals surface area contributed by atoms with E-state index >= 15 is 0 Å². The number of rotatable bonds is 5. The Hall–Kier alpha value is -2.50. The predicted molar refractivity (Wildman–Crippen MR) is 82.9 cm³/mol. The molecule has 0 spiro atoms. The lowest BCUT2D eigenvalue weighted by atomic mass is 10.1. The maximum Gasteiger partial charge on any atom is 0.343 e. The predicted octanol–water partition coefficient (Wildman–Crippen LogP) is 2.22. The van der Waals surface area contributed by atoms with Crippen LogP contribution >= 0.6 is 0 Å². The number of methoxy groups -OCH3 is 2. The summed E-state index contributed by atoms with van der Waals surface area (Å²) in [6.07, 6.45) is 1.50. The second-order valence-electron chi connectivity index (χ2n) is 4.58. The van der Waals surface area contributed by atoms with E-state index in [9.17, 15) is 9.59 Å². The number of pyridine rings is 1. The van der Waals surface area contributed by atoms with Crippen molar-refractivity contribution >= 4 is 16.9 Å². The third kappa shape index (κ3) is 2.52. The first-order valence-corrected chi connectivity index (χ1v) is 7.04. The van der Waals surface area contributed by atoms with Crippen LogP contribution in [0.25, 0.3) is 10.9 Å². The van der Waals surface area contributed by atoms with Crippen molar-refractivity contribution in [1.82, 2.24) is 4.57 Å². The van der Waals surface area contributed by atoms with Crippen molar-refractivity contribution in [3.8, 4) is 11.5 Å². The lowest BCUT2D eigenvalue weighted by Gasteiger charge is -2.16. The van der Waals surface area contributed by atoms with Gasteiger partial charge in [-0.15, -0.1) is 0 Å². The number of hydrogen-bond acceptors (Lipinski definition) is 5. The Bertz CT molecular complexity index is 763. The second-order valence-corrected chi connectivity index (χ2v) is 4.58. The van der Waals surface area contributed by atoms with Crippen molar-refractivity contribution in [2.75, 3.05) is 20.8 Å². The smallest absolute Gasteiger partial charge is 0.343 e. The fourth-order valence-electron chi connectivity index (χ4n) is 2.41. The molecule has 0 bridgehead atoms. The van der Waals surface area contributed by atoms with Crippen LogP contribution < -0.4 is 14.9 Å². The summed E-state index contributed by atoms with van der Waals surface area (Å²) in [5, 5.41) is 0.394. The van der Waals surface area contributed by atoms with Gasteiger partial charge in [-0.3, -0.25) is 4.79 Å². The minimum atomic E-state index is -0.619. The molecule has 6 heteroatoms. The molecule has 0 N–H and O–H groups in total. The monoisotopic (exact) mass is 305 g/mol. The highest BCUT2D eigenvalue weighted by molar-refractivity contribution is 5.96. The lowest BCUT2D eigenvalue weighted by molar-refractivity contribution is 0.0524. The number of aromatic nitrogens is 1. The molecule has 0 aliphatic rings. The van der Waals surface area contributed by atoms with Crippen LogP contribution in [-0.2, 0) is 11.3 Å². The minimum absolute atomic E-state index is 0.0171. The van der Waals surface area contributed by atoms with E-state index in [0.717, 1.165) is 0 Å². The average molecular weight is 305 g/mol. The van der Waals surface area contributed by atoms with Crippen LogP contribution in [0.5, 0.6) is 11.5 Å². The Morgan fingerprint density at radius 2 is 1.91 bits per heavy atom. The largest absolute Gasteiger partial charge is 0.493 e. The summed E-state index contributed by atoms with van der Waals surface area (Å²) in [7, 11) is 3.05. The molecule has 0 amide bonds.